The second-order valence-corrected chi connectivity index (χ2v) is 5.10. The van der Waals surface area contributed by atoms with E-state index in [2.05, 4.69) is 29.2 Å². The van der Waals surface area contributed by atoms with Gasteiger partial charge >= 0.3 is 0 Å². The molecule has 0 aliphatic heterocycles. The number of hydrogen-bond donors (Lipinski definition) is 1. The Labute approximate surface area is 112 Å². The number of rotatable bonds is 4. The summed E-state index contributed by atoms with van der Waals surface area (Å²) in [6.07, 6.45) is 7.68. The van der Waals surface area contributed by atoms with Crippen molar-refractivity contribution < 1.29 is 4.79 Å². The van der Waals surface area contributed by atoms with Crippen molar-refractivity contribution in [3.05, 3.63) is 48.2 Å². The summed E-state index contributed by atoms with van der Waals surface area (Å²) in [5.41, 5.74) is 2.31. The van der Waals surface area contributed by atoms with E-state index in [1.807, 2.05) is 24.1 Å². The molecule has 0 radical (unpaired) electrons. The topological polar surface area (TPSA) is 36.1 Å². The molecule has 1 N–H and O–H groups in total. The highest BCUT2D eigenvalue weighted by atomic mass is 16.2. The SMILES string of the molecule is C/C=C/C(=O)N(Cc1ccc2cc[nH]c2c1)C1CC1. The summed E-state index contributed by atoms with van der Waals surface area (Å²) in [5.74, 6) is 0.122. The smallest absolute Gasteiger partial charge is 0.246 e. The van der Waals surface area contributed by atoms with Gasteiger partial charge in [0.25, 0.3) is 0 Å². The minimum atomic E-state index is 0.122. The fourth-order valence-electron chi connectivity index (χ4n) is 2.40. The van der Waals surface area contributed by atoms with Crippen LogP contribution in [0.5, 0.6) is 0 Å². The van der Waals surface area contributed by atoms with Gasteiger partial charge in [0, 0.05) is 24.3 Å². The fraction of sp³-hybridized carbons (Fsp3) is 0.312. The van der Waals surface area contributed by atoms with Gasteiger partial charge in [-0.2, -0.15) is 0 Å². The van der Waals surface area contributed by atoms with Crippen molar-refractivity contribution in [3.8, 4) is 0 Å². The molecule has 0 atom stereocenters. The van der Waals surface area contributed by atoms with Gasteiger partial charge in [-0.05, 0) is 48.9 Å². The predicted octanol–water partition coefficient (Wildman–Crippen LogP) is 3.24. The highest BCUT2D eigenvalue weighted by Gasteiger charge is 2.31. The van der Waals surface area contributed by atoms with Crippen molar-refractivity contribution in [1.82, 2.24) is 9.88 Å². The number of amides is 1. The first kappa shape index (κ1) is 12.0. The highest BCUT2D eigenvalue weighted by molar-refractivity contribution is 5.88. The van der Waals surface area contributed by atoms with Crippen LogP contribution in [0.1, 0.15) is 25.3 Å². The van der Waals surface area contributed by atoms with Gasteiger partial charge < -0.3 is 9.88 Å². The van der Waals surface area contributed by atoms with E-state index in [1.54, 1.807) is 6.08 Å². The fourth-order valence-corrected chi connectivity index (χ4v) is 2.40. The van der Waals surface area contributed by atoms with E-state index >= 15 is 0 Å². The maximum atomic E-state index is 12.1. The minimum Gasteiger partial charge on any atom is -0.361 e. The summed E-state index contributed by atoms with van der Waals surface area (Å²) in [6, 6.07) is 8.83. The Kier molecular flexibility index (Phi) is 3.11. The lowest BCUT2D eigenvalue weighted by atomic mass is 10.1. The molecule has 1 amide bonds. The molecule has 1 aliphatic rings. The Morgan fingerprint density at radius 3 is 3.00 bits per heavy atom. The largest absolute Gasteiger partial charge is 0.361 e. The Hall–Kier alpha value is -2.03. The molecule has 0 bridgehead atoms. The van der Waals surface area contributed by atoms with Crippen LogP contribution in [0.15, 0.2) is 42.6 Å². The summed E-state index contributed by atoms with van der Waals surface area (Å²) >= 11 is 0. The molecule has 0 unspecified atom stereocenters. The molecular formula is C16H18N2O. The van der Waals surface area contributed by atoms with Gasteiger partial charge in [0.15, 0.2) is 0 Å². The van der Waals surface area contributed by atoms with Gasteiger partial charge in [-0.15, -0.1) is 0 Å². The summed E-state index contributed by atoms with van der Waals surface area (Å²) < 4.78 is 0. The zero-order valence-corrected chi connectivity index (χ0v) is 11.1. The summed E-state index contributed by atoms with van der Waals surface area (Å²) in [5, 5.41) is 1.21. The zero-order chi connectivity index (χ0) is 13.2. The number of carbonyl (C=O) groups is 1. The molecule has 1 aliphatic carbocycles. The van der Waals surface area contributed by atoms with Gasteiger partial charge in [-0.3, -0.25) is 4.79 Å². The second-order valence-electron chi connectivity index (χ2n) is 5.10. The van der Waals surface area contributed by atoms with E-state index in [0.29, 0.717) is 12.6 Å². The molecule has 0 saturated heterocycles. The van der Waals surface area contributed by atoms with Crippen molar-refractivity contribution in [2.75, 3.05) is 0 Å². The monoisotopic (exact) mass is 254 g/mol. The maximum absolute atomic E-state index is 12.1. The third-order valence-electron chi connectivity index (χ3n) is 3.55. The van der Waals surface area contributed by atoms with Crippen molar-refractivity contribution in [1.29, 1.82) is 0 Å². The predicted molar refractivity (Wildman–Crippen MR) is 76.7 cm³/mol. The molecule has 2 aromatic rings. The number of carbonyl (C=O) groups excluding carboxylic acids is 1. The molecule has 98 valence electrons. The van der Waals surface area contributed by atoms with Crippen LogP contribution in [0.4, 0.5) is 0 Å². The van der Waals surface area contributed by atoms with Crippen molar-refractivity contribution >= 4 is 16.8 Å². The number of fused-ring (bicyclic) bond motifs is 1. The normalized spacial score (nSPS) is 15.2. The molecular weight excluding hydrogens is 236 g/mol. The number of allylic oxidation sites excluding steroid dienone is 1. The van der Waals surface area contributed by atoms with Crippen molar-refractivity contribution in [3.63, 3.8) is 0 Å². The molecule has 3 heteroatoms. The maximum Gasteiger partial charge on any atom is 0.246 e. The van der Waals surface area contributed by atoms with Crippen LogP contribution in [-0.4, -0.2) is 21.8 Å². The van der Waals surface area contributed by atoms with E-state index in [0.717, 1.165) is 18.4 Å². The minimum absolute atomic E-state index is 0.122. The lowest BCUT2D eigenvalue weighted by Gasteiger charge is -2.21. The highest BCUT2D eigenvalue weighted by Crippen LogP contribution is 2.29. The zero-order valence-electron chi connectivity index (χ0n) is 11.1. The molecule has 3 rings (SSSR count). The van der Waals surface area contributed by atoms with Crippen LogP contribution in [0.3, 0.4) is 0 Å². The van der Waals surface area contributed by atoms with Gasteiger partial charge in [0.05, 0.1) is 0 Å². The average molecular weight is 254 g/mol. The number of H-pyrrole nitrogens is 1. The van der Waals surface area contributed by atoms with Crippen LogP contribution in [0, 0.1) is 0 Å². The van der Waals surface area contributed by atoms with Crippen molar-refractivity contribution in [2.24, 2.45) is 0 Å². The summed E-state index contributed by atoms with van der Waals surface area (Å²) in [6.45, 7) is 2.58. The van der Waals surface area contributed by atoms with E-state index in [-0.39, 0.29) is 5.91 Å². The van der Waals surface area contributed by atoms with E-state index < -0.39 is 0 Å². The van der Waals surface area contributed by atoms with Crippen LogP contribution < -0.4 is 0 Å². The Morgan fingerprint density at radius 1 is 1.42 bits per heavy atom. The molecule has 1 fully saturated rings. The van der Waals surface area contributed by atoms with Gasteiger partial charge in [0.1, 0.15) is 0 Å². The van der Waals surface area contributed by atoms with Crippen LogP contribution in [0.25, 0.3) is 10.9 Å². The molecule has 3 nitrogen and oxygen atoms in total. The third kappa shape index (κ3) is 2.55. The average Bonchev–Trinajstić information content (AvgIpc) is 3.13. The Morgan fingerprint density at radius 2 is 2.26 bits per heavy atom. The van der Waals surface area contributed by atoms with Crippen LogP contribution in [0.2, 0.25) is 0 Å². The summed E-state index contributed by atoms with van der Waals surface area (Å²) in [7, 11) is 0. The second kappa shape index (κ2) is 4.92. The number of aromatic nitrogens is 1. The first-order valence-electron chi connectivity index (χ1n) is 6.77. The molecule has 1 aromatic heterocycles. The number of nitrogens with zero attached hydrogens (tertiary/aromatic N) is 1. The first-order chi connectivity index (χ1) is 9.28. The molecule has 19 heavy (non-hydrogen) atoms. The molecule has 1 heterocycles. The van der Waals surface area contributed by atoms with Gasteiger partial charge in [-0.25, -0.2) is 0 Å². The molecule has 0 spiro atoms. The molecule has 1 saturated carbocycles. The number of benzene rings is 1. The quantitative estimate of drug-likeness (QED) is 0.835. The lowest BCUT2D eigenvalue weighted by molar-refractivity contribution is -0.127. The summed E-state index contributed by atoms with van der Waals surface area (Å²) in [4.78, 5) is 17.3. The number of nitrogens with one attached hydrogen (secondary N) is 1. The lowest BCUT2D eigenvalue weighted by Crippen LogP contribution is -2.31. The first-order valence-corrected chi connectivity index (χ1v) is 6.77. The number of aromatic amines is 1. The van der Waals surface area contributed by atoms with Gasteiger partial charge in [0.2, 0.25) is 5.91 Å². The van der Waals surface area contributed by atoms with Crippen molar-refractivity contribution in [2.45, 2.75) is 32.4 Å². The van der Waals surface area contributed by atoms with Gasteiger partial charge in [-0.1, -0.05) is 18.2 Å². The Bertz CT molecular complexity index is 622. The standard InChI is InChI=1S/C16H18N2O/c1-2-3-16(19)18(14-6-7-14)11-12-4-5-13-8-9-17-15(13)10-12/h2-5,8-10,14,17H,6-7,11H2,1H3/b3-2+. The Balaban J connectivity index is 1.82. The van der Waals surface area contributed by atoms with E-state index in [9.17, 15) is 4.79 Å². The molecule has 1 aromatic carbocycles. The third-order valence-corrected chi connectivity index (χ3v) is 3.55. The van der Waals surface area contributed by atoms with Crippen LogP contribution in [-0.2, 0) is 11.3 Å². The number of hydrogen-bond acceptors (Lipinski definition) is 1. The van der Waals surface area contributed by atoms with E-state index in [4.69, 9.17) is 0 Å². The van der Waals surface area contributed by atoms with Crippen LogP contribution >= 0.6 is 0 Å². The van der Waals surface area contributed by atoms with E-state index in [1.165, 1.54) is 10.9 Å².